The number of hydrogen-bond acceptors (Lipinski definition) is 2. The summed E-state index contributed by atoms with van der Waals surface area (Å²) in [7, 11) is 3.79. The van der Waals surface area contributed by atoms with Crippen LogP contribution in [0.2, 0.25) is 0 Å². The van der Waals surface area contributed by atoms with E-state index in [2.05, 4.69) is 57.3 Å². The molecule has 1 aliphatic carbocycles. The number of halogens is 1. The van der Waals surface area contributed by atoms with Gasteiger partial charge in [0.05, 0.1) is 6.20 Å². The van der Waals surface area contributed by atoms with Crippen LogP contribution in [0.3, 0.4) is 0 Å². The van der Waals surface area contributed by atoms with Gasteiger partial charge in [0.1, 0.15) is 0 Å². The summed E-state index contributed by atoms with van der Waals surface area (Å²) in [5.74, 6) is 0.897. The highest BCUT2D eigenvalue weighted by Crippen LogP contribution is 2.43. The molecule has 1 saturated carbocycles. The van der Waals surface area contributed by atoms with Crippen LogP contribution in [0.1, 0.15) is 36.8 Å². The zero-order valence-corrected chi connectivity index (χ0v) is 18.1. The first kappa shape index (κ1) is 20.7. The summed E-state index contributed by atoms with van der Waals surface area (Å²) < 4.78 is 1.85. The topological polar surface area (TPSA) is 54.2 Å². The Kier molecular flexibility index (Phi) is 7.93. The monoisotopic (exact) mass is 467 g/mol. The average Bonchev–Trinajstić information content (AvgIpc) is 3.02. The van der Waals surface area contributed by atoms with E-state index in [4.69, 9.17) is 0 Å². The van der Waals surface area contributed by atoms with E-state index in [1.807, 2.05) is 25.0 Å². The molecular weight excluding hydrogens is 437 g/mol. The van der Waals surface area contributed by atoms with Crippen molar-refractivity contribution in [3.63, 3.8) is 0 Å². The molecular formula is C20H30IN5. The van der Waals surface area contributed by atoms with Crippen molar-refractivity contribution in [2.45, 2.75) is 37.5 Å². The number of hydrogen-bond donors (Lipinski definition) is 2. The van der Waals surface area contributed by atoms with Crippen LogP contribution in [0.4, 0.5) is 0 Å². The van der Waals surface area contributed by atoms with Gasteiger partial charge in [0, 0.05) is 38.8 Å². The fourth-order valence-electron chi connectivity index (χ4n) is 3.54. The summed E-state index contributed by atoms with van der Waals surface area (Å²) in [6.07, 6.45) is 9.93. The van der Waals surface area contributed by atoms with Crippen LogP contribution in [0.5, 0.6) is 0 Å². The van der Waals surface area contributed by atoms with Crippen LogP contribution in [-0.4, -0.2) is 35.9 Å². The molecule has 1 heterocycles. The molecule has 26 heavy (non-hydrogen) atoms. The first-order valence-electron chi connectivity index (χ1n) is 9.19. The van der Waals surface area contributed by atoms with E-state index in [0.717, 1.165) is 31.9 Å². The lowest BCUT2D eigenvalue weighted by atomic mass is 9.64. The Labute approximate surface area is 173 Å². The number of aromatic nitrogens is 2. The molecule has 0 radical (unpaired) electrons. The van der Waals surface area contributed by atoms with Crippen LogP contribution in [0.25, 0.3) is 0 Å². The van der Waals surface area contributed by atoms with E-state index in [1.165, 1.54) is 30.4 Å². The van der Waals surface area contributed by atoms with Gasteiger partial charge in [0.25, 0.3) is 0 Å². The van der Waals surface area contributed by atoms with Crippen molar-refractivity contribution in [1.82, 2.24) is 20.4 Å². The van der Waals surface area contributed by atoms with Gasteiger partial charge in [0.15, 0.2) is 5.96 Å². The van der Waals surface area contributed by atoms with Gasteiger partial charge in [-0.25, -0.2) is 0 Å². The summed E-state index contributed by atoms with van der Waals surface area (Å²) in [6.45, 7) is 1.85. The lowest BCUT2D eigenvalue weighted by molar-refractivity contribution is 0.244. The predicted octanol–water partition coefficient (Wildman–Crippen LogP) is 3.26. The number of nitrogens with zero attached hydrogens (tertiary/aromatic N) is 3. The second-order valence-electron chi connectivity index (χ2n) is 6.98. The lowest BCUT2D eigenvalue weighted by Gasteiger charge is -2.43. The van der Waals surface area contributed by atoms with Crippen LogP contribution >= 0.6 is 24.0 Å². The molecule has 1 aromatic carbocycles. The van der Waals surface area contributed by atoms with E-state index >= 15 is 0 Å². The van der Waals surface area contributed by atoms with E-state index in [0.29, 0.717) is 0 Å². The minimum absolute atomic E-state index is 0. The molecule has 3 rings (SSSR count). The number of rotatable bonds is 7. The Morgan fingerprint density at radius 3 is 2.58 bits per heavy atom. The Balaban J connectivity index is 0.00000243. The number of aliphatic imine (C=N–C) groups is 1. The molecule has 1 aromatic heterocycles. The summed E-state index contributed by atoms with van der Waals surface area (Å²) in [6, 6.07) is 10.9. The minimum Gasteiger partial charge on any atom is -0.356 e. The average molecular weight is 467 g/mol. The standard InChI is InChI=1S/C20H29N5.HI/c1-21-19(22-13-6-8-17-14-24-25(2)15-17)23-16-20(11-7-12-20)18-9-4-3-5-10-18;/h3-5,9-10,14-15H,6-8,11-13,16H2,1-2H3,(H2,21,22,23);1H. The third-order valence-electron chi connectivity index (χ3n) is 5.21. The zero-order valence-electron chi connectivity index (χ0n) is 15.7. The Bertz CT molecular complexity index is 691. The number of guanidine groups is 1. The van der Waals surface area contributed by atoms with Crippen molar-refractivity contribution in [1.29, 1.82) is 0 Å². The maximum absolute atomic E-state index is 4.37. The third kappa shape index (κ3) is 5.22. The van der Waals surface area contributed by atoms with Gasteiger partial charge in [0.2, 0.25) is 0 Å². The molecule has 1 fully saturated rings. The van der Waals surface area contributed by atoms with E-state index in [-0.39, 0.29) is 29.4 Å². The largest absolute Gasteiger partial charge is 0.356 e. The van der Waals surface area contributed by atoms with E-state index < -0.39 is 0 Å². The fraction of sp³-hybridized carbons (Fsp3) is 0.500. The first-order chi connectivity index (χ1) is 12.2. The maximum Gasteiger partial charge on any atom is 0.191 e. The van der Waals surface area contributed by atoms with Crippen molar-refractivity contribution >= 4 is 29.9 Å². The molecule has 6 heteroatoms. The molecule has 1 aliphatic rings. The van der Waals surface area contributed by atoms with Gasteiger partial charge in [-0.2, -0.15) is 5.10 Å². The van der Waals surface area contributed by atoms with Crippen LogP contribution in [0.15, 0.2) is 47.7 Å². The van der Waals surface area contributed by atoms with Crippen molar-refractivity contribution in [2.24, 2.45) is 12.0 Å². The predicted molar refractivity (Wildman–Crippen MR) is 118 cm³/mol. The second-order valence-corrected chi connectivity index (χ2v) is 6.98. The van der Waals surface area contributed by atoms with E-state index in [1.54, 1.807) is 0 Å². The fourth-order valence-corrected chi connectivity index (χ4v) is 3.54. The third-order valence-corrected chi connectivity index (χ3v) is 5.21. The summed E-state index contributed by atoms with van der Waals surface area (Å²) in [5, 5.41) is 11.2. The van der Waals surface area contributed by atoms with Crippen LogP contribution < -0.4 is 10.6 Å². The molecule has 0 unspecified atom stereocenters. The Morgan fingerprint density at radius 2 is 2.00 bits per heavy atom. The van der Waals surface area contributed by atoms with Crippen molar-refractivity contribution in [2.75, 3.05) is 20.1 Å². The van der Waals surface area contributed by atoms with Gasteiger partial charge < -0.3 is 10.6 Å². The van der Waals surface area contributed by atoms with Crippen LogP contribution in [0, 0.1) is 0 Å². The van der Waals surface area contributed by atoms with Gasteiger partial charge >= 0.3 is 0 Å². The molecule has 0 saturated heterocycles. The first-order valence-corrected chi connectivity index (χ1v) is 9.19. The molecule has 2 N–H and O–H groups in total. The molecule has 5 nitrogen and oxygen atoms in total. The van der Waals surface area contributed by atoms with Crippen molar-refractivity contribution in [3.05, 3.63) is 53.9 Å². The zero-order chi connectivity index (χ0) is 17.5. The molecule has 0 aliphatic heterocycles. The normalized spacial score (nSPS) is 15.7. The lowest BCUT2D eigenvalue weighted by Crippen LogP contribution is -2.49. The maximum atomic E-state index is 4.37. The highest BCUT2D eigenvalue weighted by molar-refractivity contribution is 14.0. The van der Waals surface area contributed by atoms with Gasteiger partial charge in [-0.1, -0.05) is 36.8 Å². The smallest absolute Gasteiger partial charge is 0.191 e. The summed E-state index contributed by atoms with van der Waals surface area (Å²) >= 11 is 0. The molecule has 0 spiro atoms. The molecule has 0 bridgehead atoms. The highest BCUT2D eigenvalue weighted by Gasteiger charge is 2.38. The van der Waals surface area contributed by atoms with Gasteiger partial charge in [-0.05, 0) is 36.8 Å². The molecule has 2 aromatic rings. The highest BCUT2D eigenvalue weighted by atomic mass is 127. The quantitative estimate of drug-likeness (QED) is 0.285. The SMILES string of the molecule is CN=C(NCCCc1cnn(C)c1)NCC1(c2ccccc2)CCC1.I. The summed E-state index contributed by atoms with van der Waals surface area (Å²) in [4.78, 5) is 4.37. The van der Waals surface area contributed by atoms with Crippen LogP contribution in [-0.2, 0) is 18.9 Å². The number of aryl methyl sites for hydroxylation is 2. The Hall–Kier alpha value is -1.57. The minimum atomic E-state index is 0. The van der Waals surface area contributed by atoms with Gasteiger partial charge in [-0.15, -0.1) is 24.0 Å². The molecule has 0 atom stereocenters. The van der Waals surface area contributed by atoms with Gasteiger partial charge in [-0.3, -0.25) is 9.67 Å². The number of nitrogens with one attached hydrogen (secondary N) is 2. The molecule has 142 valence electrons. The Morgan fingerprint density at radius 1 is 1.23 bits per heavy atom. The number of benzene rings is 1. The summed E-state index contributed by atoms with van der Waals surface area (Å²) in [5.41, 5.74) is 3.00. The van der Waals surface area contributed by atoms with E-state index in [9.17, 15) is 0 Å². The van der Waals surface area contributed by atoms with Crippen molar-refractivity contribution in [3.8, 4) is 0 Å². The second kappa shape index (κ2) is 9.94. The molecule has 0 amide bonds. The van der Waals surface area contributed by atoms with Crippen molar-refractivity contribution < 1.29 is 0 Å².